The van der Waals surface area contributed by atoms with Crippen molar-refractivity contribution in [1.82, 2.24) is 0 Å². The minimum atomic E-state index is -0.773. The van der Waals surface area contributed by atoms with Crippen LogP contribution in [0.15, 0.2) is 36.5 Å². The summed E-state index contributed by atoms with van der Waals surface area (Å²) in [5.74, 6) is -0.875. The van der Waals surface area contributed by atoms with Crippen molar-refractivity contribution in [3.05, 3.63) is 36.5 Å². The van der Waals surface area contributed by atoms with Crippen LogP contribution in [0.5, 0.6) is 0 Å². The van der Waals surface area contributed by atoms with Crippen LogP contribution in [0.25, 0.3) is 0 Å². The summed E-state index contributed by atoms with van der Waals surface area (Å²) in [5.41, 5.74) is 0. The maximum Gasteiger partial charge on any atom is 0.306 e. The van der Waals surface area contributed by atoms with E-state index in [0.717, 1.165) is 70.6 Å². The Balaban J connectivity index is 4.32. The van der Waals surface area contributed by atoms with Gasteiger partial charge in [-0.15, -0.1) is 0 Å². The van der Waals surface area contributed by atoms with Gasteiger partial charge in [0, 0.05) is 19.3 Å². The van der Waals surface area contributed by atoms with E-state index in [2.05, 4.69) is 57.2 Å². The Morgan fingerprint density at radius 1 is 0.323 bits per heavy atom. The Morgan fingerprint density at radius 3 is 0.935 bits per heavy atom. The number of hydrogen-bond donors (Lipinski definition) is 0. The molecule has 0 aromatic rings. The highest BCUT2D eigenvalue weighted by Crippen LogP contribution is 2.16. The maximum atomic E-state index is 12.8. The fourth-order valence-electron chi connectivity index (χ4n) is 7.76. The monoisotopic (exact) mass is 871 g/mol. The zero-order chi connectivity index (χ0) is 45.1. The Kier molecular flexibility index (Phi) is 49.3. The summed E-state index contributed by atoms with van der Waals surface area (Å²) in [6.07, 6.45) is 59.8. The molecule has 0 radical (unpaired) electrons. The molecule has 0 amide bonds. The maximum absolute atomic E-state index is 12.8. The molecule has 6 heteroatoms. The first-order chi connectivity index (χ1) is 30.5. The lowest BCUT2D eigenvalue weighted by Crippen LogP contribution is -2.30. The Hall–Kier alpha value is -2.37. The highest BCUT2D eigenvalue weighted by atomic mass is 16.6. The van der Waals surface area contributed by atoms with E-state index in [1.165, 1.54) is 173 Å². The van der Waals surface area contributed by atoms with Crippen LogP contribution < -0.4 is 0 Å². The van der Waals surface area contributed by atoms with Gasteiger partial charge < -0.3 is 14.2 Å². The minimum Gasteiger partial charge on any atom is -0.462 e. The minimum absolute atomic E-state index is 0.0739. The van der Waals surface area contributed by atoms with Crippen LogP contribution >= 0.6 is 0 Å². The van der Waals surface area contributed by atoms with E-state index < -0.39 is 6.10 Å². The van der Waals surface area contributed by atoms with Gasteiger partial charge >= 0.3 is 17.9 Å². The van der Waals surface area contributed by atoms with Crippen molar-refractivity contribution in [2.45, 2.75) is 290 Å². The van der Waals surface area contributed by atoms with E-state index in [-0.39, 0.29) is 31.1 Å². The normalized spacial score (nSPS) is 12.2. The van der Waals surface area contributed by atoms with Crippen molar-refractivity contribution in [3.8, 4) is 0 Å². The first kappa shape index (κ1) is 59.6. The topological polar surface area (TPSA) is 78.9 Å². The van der Waals surface area contributed by atoms with Crippen LogP contribution in [0.4, 0.5) is 0 Å². The van der Waals surface area contributed by atoms with Crippen LogP contribution in [-0.4, -0.2) is 37.2 Å². The van der Waals surface area contributed by atoms with Gasteiger partial charge in [0.2, 0.25) is 0 Å². The average Bonchev–Trinajstić information content (AvgIpc) is 3.27. The van der Waals surface area contributed by atoms with Gasteiger partial charge in [0.1, 0.15) is 13.2 Å². The van der Waals surface area contributed by atoms with E-state index in [4.69, 9.17) is 14.2 Å². The van der Waals surface area contributed by atoms with E-state index >= 15 is 0 Å². The van der Waals surface area contributed by atoms with Crippen molar-refractivity contribution in [2.24, 2.45) is 0 Å². The van der Waals surface area contributed by atoms with Crippen LogP contribution in [0.3, 0.4) is 0 Å². The van der Waals surface area contributed by atoms with E-state index in [0.29, 0.717) is 19.3 Å². The number of unbranched alkanes of at least 4 members (excludes halogenated alkanes) is 32. The number of hydrogen-bond acceptors (Lipinski definition) is 6. The molecule has 362 valence electrons. The molecule has 0 heterocycles. The molecule has 1 unspecified atom stereocenters. The number of allylic oxidation sites excluding steroid dienone is 6. The first-order valence-corrected chi connectivity index (χ1v) is 27.0. The Bertz CT molecular complexity index is 1050. The largest absolute Gasteiger partial charge is 0.462 e. The lowest BCUT2D eigenvalue weighted by Gasteiger charge is -2.18. The summed E-state index contributed by atoms with van der Waals surface area (Å²) in [6.45, 7) is 6.60. The van der Waals surface area contributed by atoms with E-state index in [1.54, 1.807) is 0 Å². The van der Waals surface area contributed by atoms with Crippen molar-refractivity contribution in [2.75, 3.05) is 13.2 Å². The molecule has 0 aliphatic rings. The molecule has 0 aromatic carbocycles. The van der Waals surface area contributed by atoms with Crippen LogP contribution in [0.2, 0.25) is 0 Å². The number of carbonyl (C=O) groups is 3. The number of rotatable bonds is 49. The Labute approximate surface area is 385 Å². The third kappa shape index (κ3) is 48.7. The zero-order valence-corrected chi connectivity index (χ0v) is 41.4. The molecule has 0 N–H and O–H groups in total. The lowest BCUT2D eigenvalue weighted by molar-refractivity contribution is -0.167. The molecular weight excluding hydrogens is 769 g/mol. The van der Waals surface area contributed by atoms with Crippen LogP contribution in [-0.2, 0) is 28.6 Å². The number of ether oxygens (including phenoxy) is 3. The molecular formula is C56H102O6. The molecule has 0 fully saturated rings. The highest BCUT2D eigenvalue weighted by molar-refractivity contribution is 5.71. The van der Waals surface area contributed by atoms with Gasteiger partial charge in [-0.1, -0.05) is 224 Å². The molecule has 0 aromatic heterocycles. The number of esters is 3. The predicted octanol–water partition coefficient (Wildman–Crippen LogP) is 17.7. The van der Waals surface area contributed by atoms with Gasteiger partial charge in [0.15, 0.2) is 6.10 Å². The van der Waals surface area contributed by atoms with Gasteiger partial charge in [-0.25, -0.2) is 0 Å². The molecule has 0 spiro atoms. The fraction of sp³-hybridized carbons (Fsp3) is 0.839. The Morgan fingerprint density at radius 2 is 0.581 bits per heavy atom. The summed E-state index contributed by atoms with van der Waals surface area (Å²) >= 11 is 0. The summed E-state index contributed by atoms with van der Waals surface area (Å²) in [6, 6.07) is 0. The van der Waals surface area contributed by atoms with Gasteiger partial charge in [-0.3, -0.25) is 14.4 Å². The molecule has 0 saturated heterocycles. The summed E-state index contributed by atoms with van der Waals surface area (Å²) < 4.78 is 16.8. The third-order valence-corrected chi connectivity index (χ3v) is 11.9. The molecule has 0 aliphatic carbocycles. The van der Waals surface area contributed by atoms with Gasteiger partial charge in [-0.2, -0.15) is 0 Å². The van der Waals surface area contributed by atoms with Crippen LogP contribution in [0.1, 0.15) is 284 Å². The van der Waals surface area contributed by atoms with Crippen molar-refractivity contribution in [1.29, 1.82) is 0 Å². The SMILES string of the molecule is CCCCC/C=C\C/C=C\CCCCCCCCCCCC(=O)OCC(COC(=O)CCCCCCC/C=C\CCCCC)OC(=O)CCCCCCCCCCCCCCC. The summed E-state index contributed by atoms with van der Waals surface area (Å²) in [4.78, 5) is 38.0. The van der Waals surface area contributed by atoms with E-state index in [1.807, 2.05) is 0 Å². The van der Waals surface area contributed by atoms with Gasteiger partial charge in [0.25, 0.3) is 0 Å². The zero-order valence-electron chi connectivity index (χ0n) is 41.4. The molecule has 0 rings (SSSR count). The molecule has 6 nitrogen and oxygen atoms in total. The van der Waals surface area contributed by atoms with Crippen molar-refractivity contribution < 1.29 is 28.6 Å². The molecule has 1 atom stereocenters. The molecule has 0 aliphatic heterocycles. The summed E-state index contributed by atoms with van der Waals surface area (Å²) in [7, 11) is 0. The highest BCUT2D eigenvalue weighted by Gasteiger charge is 2.19. The molecule has 62 heavy (non-hydrogen) atoms. The first-order valence-electron chi connectivity index (χ1n) is 27.0. The standard InChI is InChI=1S/C56H102O6/c1-4-7-10-13-16-19-22-25-26-27-28-29-30-32-34-37-40-43-46-49-55(58)61-52-53(51-60-54(57)48-45-42-39-36-33-24-21-18-15-12-9-6-3)62-56(59)50-47-44-41-38-35-31-23-20-17-14-11-8-5-2/h16,18-19,21,25-26,53H,4-15,17,20,22-24,27-52H2,1-3H3/b19-16-,21-18-,26-25-. The van der Waals surface area contributed by atoms with Crippen molar-refractivity contribution in [3.63, 3.8) is 0 Å². The van der Waals surface area contributed by atoms with Gasteiger partial charge in [-0.05, 0) is 77.0 Å². The third-order valence-electron chi connectivity index (χ3n) is 11.9. The smallest absolute Gasteiger partial charge is 0.306 e. The second-order valence-corrected chi connectivity index (χ2v) is 18.1. The fourth-order valence-corrected chi connectivity index (χ4v) is 7.76. The average molecular weight is 871 g/mol. The molecule has 0 saturated carbocycles. The molecule has 0 bridgehead atoms. The van der Waals surface area contributed by atoms with E-state index in [9.17, 15) is 14.4 Å². The number of carbonyl (C=O) groups excluding carboxylic acids is 3. The second kappa shape index (κ2) is 51.3. The quantitative estimate of drug-likeness (QED) is 0.0262. The second-order valence-electron chi connectivity index (χ2n) is 18.1. The van der Waals surface area contributed by atoms with Crippen LogP contribution in [0, 0.1) is 0 Å². The lowest BCUT2D eigenvalue weighted by atomic mass is 10.0. The van der Waals surface area contributed by atoms with Gasteiger partial charge in [0.05, 0.1) is 0 Å². The predicted molar refractivity (Wildman–Crippen MR) is 266 cm³/mol. The van der Waals surface area contributed by atoms with Crippen molar-refractivity contribution >= 4 is 17.9 Å². The summed E-state index contributed by atoms with van der Waals surface area (Å²) in [5, 5.41) is 0.